The number of carbonyl (C=O) groups excluding carboxylic acids is 1. The Morgan fingerprint density at radius 2 is 2.17 bits per heavy atom. The lowest BCUT2D eigenvalue weighted by Gasteiger charge is -2.25. The van der Waals surface area contributed by atoms with Crippen LogP contribution >= 0.6 is 0 Å². The van der Waals surface area contributed by atoms with Crippen LogP contribution in [0.15, 0.2) is 30.3 Å². The van der Waals surface area contributed by atoms with Crippen molar-refractivity contribution < 1.29 is 14.5 Å². The van der Waals surface area contributed by atoms with E-state index in [-0.39, 0.29) is 19.2 Å². The fourth-order valence-corrected chi connectivity index (χ4v) is 2.16. The Hall–Kier alpha value is -2.11. The second kappa shape index (κ2) is 5.03. The van der Waals surface area contributed by atoms with Gasteiger partial charge in [0.1, 0.15) is 6.61 Å². The van der Waals surface area contributed by atoms with Gasteiger partial charge in [-0.05, 0) is 12.5 Å². The number of carbonyl (C=O) groups is 1. The molecular weight excluding hydrogens is 236 g/mol. The van der Waals surface area contributed by atoms with E-state index >= 15 is 0 Å². The minimum absolute atomic E-state index is 0.241. The van der Waals surface area contributed by atoms with Crippen molar-refractivity contribution in [1.29, 1.82) is 0 Å². The fourth-order valence-electron chi connectivity index (χ4n) is 2.16. The number of ether oxygens (including phenoxy) is 1. The van der Waals surface area contributed by atoms with Crippen LogP contribution in [0.4, 0.5) is 4.79 Å². The summed E-state index contributed by atoms with van der Waals surface area (Å²) in [5.74, 6) is 0. The number of cyclic esters (lactones) is 1. The Bertz CT molecular complexity index is 449. The molecule has 0 unspecified atom stereocenters. The Morgan fingerprint density at radius 3 is 2.78 bits per heavy atom. The molecule has 18 heavy (non-hydrogen) atoms. The molecule has 0 radical (unpaired) electrons. The Kier molecular flexibility index (Phi) is 3.45. The molecule has 1 heterocycles. The number of benzene rings is 1. The molecule has 1 amide bonds. The van der Waals surface area contributed by atoms with Gasteiger partial charge in [0.15, 0.2) is 0 Å². The van der Waals surface area contributed by atoms with Crippen LogP contribution < -0.4 is 0 Å². The molecule has 0 N–H and O–H groups in total. The summed E-state index contributed by atoms with van der Waals surface area (Å²) in [6.07, 6.45) is -0.488. The molecule has 0 aromatic heterocycles. The van der Waals surface area contributed by atoms with Crippen molar-refractivity contribution >= 4 is 6.09 Å². The van der Waals surface area contributed by atoms with E-state index < -0.39 is 17.1 Å². The largest absolute Gasteiger partial charge is 0.447 e. The summed E-state index contributed by atoms with van der Waals surface area (Å²) in [5.41, 5.74) is 0.929. The summed E-state index contributed by atoms with van der Waals surface area (Å²) in [7, 11) is 0. The van der Waals surface area contributed by atoms with E-state index in [9.17, 15) is 14.9 Å². The minimum Gasteiger partial charge on any atom is -0.447 e. The second-order valence-electron chi connectivity index (χ2n) is 4.27. The average molecular weight is 250 g/mol. The first-order chi connectivity index (χ1) is 8.59. The van der Waals surface area contributed by atoms with Gasteiger partial charge in [-0.3, -0.25) is 15.0 Å². The monoisotopic (exact) mass is 250 g/mol. The zero-order valence-corrected chi connectivity index (χ0v) is 9.98. The van der Waals surface area contributed by atoms with E-state index in [4.69, 9.17) is 4.74 Å². The van der Waals surface area contributed by atoms with Crippen molar-refractivity contribution in [3.05, 3.63) is 46.0 Å². The van der Waals surface area contributed by atoms with Gasteiger partial charge in [0.25, 0.3) is 0 Å². The van der Waals surface area contributed by atoms with Gasteiger partial charge in [0.05, 0.1) is 12.1 Å². The maximum Gasteiger partial charge on any atom is 0.410 e. The van der Waals surface area contributed by atoms with Gasteiger partial charge in [-0.1, -0.05) is 30.3 Å². The van der Waals surface area contributed by atoms with Gasteiger partial charge in [-0.25, -0.2) is 4.79 Å². The maximum atomic E-state index is 11.7. The van der Waals surface area contributed by atoms with Gasteiger partial charge in [-0.15, -0.1) is 0 Å². The van der Waals surface area contributed by atoms with Crippen molar-refractivity contribution in [3.8, 4) is 0 Å². The highest BCUT2D eigenvalue weighted by Gasteiger charge is 2.38. The molecule has 0 saturated carbocycles. The van der Waals surface area contributed by atoms with E-state index in [1.165, 1.54) is 4.90 Å². The molecule has 1 aliphatic rings. The first-order valence-electron chi connectivity index (χ1n) is 5.71. The van der Waals surface area contributed by atoms with Crippen molar-refractivity contribution in [2.24, 2.45) is 0 Å². The highest BCUT2D eigenvalue weighted by Crippen LogP contribution is 2.29. The van der Waals surface area contributed by atoms with Crippen molar-refractivity contribution in [1.82, 2.24) is 4.90 Å². The molecule has 6 heteroatoms. The van der Waals surface area contributed by atoms with E-state index in [1.807, 2.05) is 30.3 Å². The van der Waals surface area contributed by atoms with Crippen LogP contribution in [0.5, 0.6) is 0 Å². The summed E-state index contributed by atoms with van der Waals surface area (Å²) in [6.45, 7) is 1.62. The number of amides is 1. The summed E-state index contributed by atoms with van der Waals surface area (Å²) < 4.78 is 5.00. The van der Waals surface area contributed by atoms with Gasteiger partial charge in [-0.2, -0.15) is 0 Å². The minimum atomic E-state index is -0.488. The van der Waals surface area contributed by atoms with E-state index in [0.29, 0.717) is 0 Å². The van der Waals surface area contributed by atoms with Crippen LogP contribution in [0, 0.1) is 10.1 Å². The summed E-state index contributed by atoms with van der Waals surface area (Å²) in [6, 6.07) is 8.67. The van der Waals surface area contributed by atoms with Gasteiger partial charge in [0, 0.05) is 4.92 Å². The van der Waals surface area contributed by atoms with Crippen molar-refractivity contribution in [3.63, 3.8) is 0 Å². The molecule has 1 saturated heterocycles. The first-order valence-corrected chi connectivity index (χ1v) is 5.71. The molecule has 1 fully saturated rings. The zero-order valence-electron chi connectivity index (χ0n) is 9.98. The number of rotatable bonds is 4. The third-order valence-corrected chi connectivity index (χ3v) is 2.98. The Labute approximate surface area is 104 Å². The van der Waals surface area contributed by atoms with E-state index in [2.05, 4.69) is 0 Å². The smallest absolute Gasteiger partial charge is 0.410 e. The predicted octanol–water partition coefficient (Wildman–Crippen LogP) is 1.85. The van der Waals surface area contributed by atoms with Gasteiger partial charge < -0.3 is 4.74 Å². The Balaban J connectivity index is 2.20. The molecule has 0 aliphatic carbocycles. The molecule has 6 nitrogen and oxygen atoms in total. The maximum absolute atomic E-state index is 11.7. The molecule has 0 bridgehead atoms. The molecule has 0 spiro atoms. The van der Waals surface area contributed by atoms with Crippen LogP contribution in [0.2, 0.25) is 0 Å². The SMILES string of the molecule is C[C@@H](C[N+](=O)[O-])N1C(=O)OC[C@H]1c1ccccc1. The average Bonchev–Trinajstić information content (AvgIpc) is 2.71. The number of hydrogen-bond acceptors (Lipinski definition) is 4. The van der Waals surface area contributed by atoms with E-state index in [0.717, 1.165) is 5.56 Å². The summed E-state index contributed by atoms with van der Waals surface area (Å²) in [5, 5.41) is 10.5. The number of hydrogen-bond donors (Lipinski definition) is 0. The van der Waals surface area contributed by atoms with Crippen LogP contribution in [-0.4, -0.2) is 35.1 Å². The van der Waals surface area contributed by atoms with Crippen LogP contribution in [0.1, 0.15) is 18.5 Å². The van der Waals surface area contributed by atoms with Crippen molar-refractivity contribution in [2.75, 3.05) is 13.2 Å². The predicted molar refractivity (Wildman–Crippen MR) is 63.7 cm³/mol. The summed E-state index contributed by atoms with van der Waals surface area (Å²) in [4.78, 5) is 23.2. The molecule has 2 atom stereocenters. The fraction of sp³-hybridized carbons (Fsp3) is 0.417. The third kappa shape index (κ3) is 2.42. The van der Waals surface area contributed by atoms with Crippen LogP contribution in [0.3, 0.4) is 0 Å². The highest BCUT2D eigenvalue weighted by molar-refractivity contribution is 5.71. The molecular formula is C12H14N2O4. The lowest BCUT2D eigenvalue weighted by atomic mass is 10.1. The zero-order chi connectivity index (χ0) is 13.1. The molecule has 1 aromatic rings. The summed E-state index contributed by atoms with van der Waals surface area (Å²) >= 11 is 0. The van der Waals surface area contributed by atoms with Gasteiger partial charge in [0.2, 0.25) is 6.54 Å². The number of nitro groups is 1. The van der Waals surface area contributed by atoms with E-state index in [1.54, 1.807) is 6.92 Å². The standard InChI is InChI=1S/C12H14N2O4/c1-9(7-13(16)17)14-11(8-18-12(14)15)10-5-3-2-4-6-10/h2-6,9,11H,7-8H2,1H3/t9-,11-/m0/s1. The van der Waals surface area contributed by atoms with Crippen molar-refractivity contribution in [2.45, 2.75) is 19.0 Å². The van der Waals surface area contributed by atoms with Gasteiger partial charge >= 0.3 is 6.09 Å². The lowest BCUT2D eigenvalue weighted by molar-refractivity contribution is -0.485. The quantitative estimate of drug-likeness (QED) is 0.603. The highest BCUT2D eigenvalue weighted by atomic mass is 16.6. The molecule has 1 aromatic carbocycles. The molecule has 2 rings (SSSR count). The Morgan fingerprint density at radius 1 is 1.50 bits per heavy atom. The van der Waals surface area contributed by atoms with Crippen LogP contribution in [-0.2, 0) is 4.74 Å². The van der Waals surface area contributed by atoms with Crippen LogP contribution in [0.25, 0.3) is 0 Å². The molecule has 96 valence electrons. The third-order valence-electron chi connectivity index (χ3n) is 2.98. The topological polar surface area (TPSA) is 72.7 Å². The lowest BCUT2D eigenvalue weighted by Crippen LogP contribution is -2.40. The normalized spacial score (nSPS) is 20.6. The first kappa shape index (κ1) is 12.3. The number of nitrogens with zero attached hydrogens (tertiary/aromatic N) is 2. The second-order valence-corrected chi connectivity index (χ2v) is 4.27. The molecule has 1 aliphatic heterocycles.